The highest BCUT2D eigenvalue weighted by Gasteiger charge is 2.11. The maximum absolute atomic E-state index is 11.7. The molecule has 0 aliphatic heterocycles. The van der Waals surface area contributed by atoms with Crippen LogP contribution in [0.1, 0.15) is 59.8 Å². The quantitative estimate of drug-likeness (QED) is 0.307. The Bertz CT molecular complexity index is 561. The zero-order chi connectivity index (χ0) is 22.2. The van der Waals surface area contributed by atoms with Crippen molar-refractivity contribution in [3.8, 4) is 0 Å². The van der Waals surface area contributed by atoms with Crippen molar-refractivity contribution in [3.63, 3.8) is 0 Å². The summed E-state index contributed by atoms with van der Waals surface area (Å²) in [5.74, 6) is -0.569. The summed E-state index contributed by atoms with van der Waals surface area (Å²) in [7, 11) is 0. The third-order valence-electron chi connectivity index (χ3n) is 3.97. The summed E-state index contributed by atoms with van der Waals surface area (Å²) in [4.78, 5) is 57.9. The second-order valence-corrected chi connectivity index (χ2v) is 7.62. The average molecular weight is 413 g/mol. The van der Waals surface area contributed by atoms with Crippen molar-refractivity contribution in [2.45, 2.75) is 59.8 Å². The van der Waals surface area contributed by atoms with Crippen LogP contribution >= 0.6 is 0 Å². The van der Waals surface area contributed by atoms with E-state index in [0.717, 1.165) is 0 Å². The number of carbonyl (C=O) groups excluding carboxylic acids is 5. The molecular weight excluding hydrogens is 376 g/mol. The first-order valence-electron chi connectivity index (χ1n) is 10.2. The summed E-state index contributed by atoms with van der Waals surface area (Å²) >= 11 is 0. The standard InChI is InChI=1S/C20H36N4O5/c1-14(2)13-24-20(29)9-12-23-19(28)8-11-22-18(27)7-10-21-17(26)6-5-16(25)15(3)4/h14-15H,5-13H2,1-4H3,(H,21,26)(H,22,27)(H,23,28)(H,24,29). The molecule has 0 atom stereocenters. The van der Waals surface area contributed by atoms with Crippen molar-refractivity contribution in [3.05, 3.63) is 0 Å². The predicted octanol–water partition coefficient (Wildman–Crippen LogP) is 0.283. The highest BCUT2D eigenvalue weighted by Crippen LogP contribution is 2.01. The van der Waals surface area contributed by atoms with Crippen molar-refractivity contribution in [1.82, 2.24) is 21.3 Å². The first-order valence-corrected chi connectivity index (χ1v) is 10.2. The molecule has 0 saturated carbocycles. The minimum atomic E-state index is -0.274. The van der Waals surface area contributed by atoms with Crippen LogP contribution in [0, 0.1) is 11.8 Å². The lowest BCUT2D eigenvalue weighted by Gasteiger charge is -2.09. The minimum Gasteiger partial charge on any atom is -0.356 e. The van der Waals surface area contributed by atoms with Crippen LogP contribution in [-0.4, -0.2) is 55.6 Å². The van der Waals surface area contributed by atoms with Crippen molar-refractivity contribution in [2.24, 2.45) is 11.8 Å². The molecule has 29 heavy (non-hydrogen) atoms. The normalized spacial score (nSPS) is 10.6. The Morgan fingerprint density at radius 2 is 0.931 bits per heavy atom. The molecule has 0 fully saturated rings. The highest BCUT2D eigenvalue weighted by atomic mass is 16.2. The van der Waals surface area contributed by atoms with Gasteiger partial charge in [-0.25, -0.2) is 0 Å². The van der Waals surface area contributed by atoms with Crippen LogP contribution in [-0.2, 0) is 24.0 Å². The van der Waals surface area contributed by atoms with E-state index in [0.29, 0.717) is 12.5 Å². The fourth-order valence-corrected chi connectivity index (χ4v) is 2.14. The summed E-state index contributed by atoms with van der Waals surface area (Å²) in [6, 6.07) is 0. The van der Waals surface area contributed by atoms with E-state index in [2.05, 4.69) is 21.3 Å². The molecule has 4 N–H and O–H groups in total. The molecule has 166 valence electrons. The van der Waals surface area contributed by atoms with E-state index in [1.165, 1.54) is 0 Å². The molecule has 0 aromatic carbocycles. The molecule has 0 rings (SSSR count). The Kier molecular flexibility index (Phi) is 14.2. The van der Waals surface area contributed by atoms with Gasteiger partial charge in [-0.2, -0.15) is 0 Å². The molecule has 0 saturated heterocycles. The van der Waals surface area contributed by atoms with Gasteiger partial charge in [0, 0.05) is 64.2 Å². The molecule has 0 heterocycles. The van der Waals surface area contributed by atoms with Crippen molar-refractivity contribution < 1.29 is 24.0 Å². The van der Waals surface area contributed by atoms with Crippen LogP contribution in [0.25, 0.3) is 0 Å². The zero-order valence-electron chi connectivity index (χ0n) is 18.1. The average Bonchev–Trinajstić information content (AvgIpc) is 2.64. The van der Waals surface area contributed by atoms with Crippen LogP contribution in [0.2, 0.25) is 0 Å². The molecule has 0 aliphatic rings. The molecule has 0 bridgehead atoms. The topological polar surface area (TPSA) is 133 Å². The smallest absolute Gasteiger partial charge is 0.221 e. The molecule has 0 radical (unpaired) electrons. The number of carbonyl (C=O) groups is 5. The van der Waals surface area contributed by atoms with Gasteiger partial charge in [-0.3, -0.25) is 24.0 Å². The number of amides is 4. The maximum Gasteiger partial charge on any atom is 0.221 e. The van der Waals surface area contributed by atoms with E-state index in [1.54, 1.807) is 13.8 Å². The van der Waals surface area contributed by atoms with Crippen LogP contribution in [0.4, 0.5) is 0 Å². The molecule has 0 aromatic rings. The summed E-state index contributed by atoms with van der Waals surface area (Å²) in [5, 5.41) is 10.6. The molecule has 9 nitrogen and oxygen atoms in total. The van der Waals surface area contributed by atoms with Gasteiger partial charge in [0.1, 0.15) is 5.78 Å². The zero-order valence-corrected chi connectivity index (χ0v) is 18.1. The van der Waals surface area contributed by atoms with Gasteiger partial charge in [-0.15, -0.1) is 0 Å². The first kappa shape index (κ1) is 26.6. The fraction of sp³-hybridized carbons (Fsp3) is 0.750. The lowest BCUT2D eigenvalue weighted by molar-refractivity contribution is -0.127. The number of ketones is 1. The van der Waals surface area contributed by atoms with E-state index in [4.69, 9.17) is 0 Å². The molecule has 0 aliphatic carbocycles. The Labute approximate surface area is 173 Å². The molecule has 4 amide bonds. The van der Waals surface area contributed by atoms with Gasteiger partial charge >= 0.3 is 0 Å². The Balaban J connectivity index is 3.70. The predicted molar refractivity (Wildman–Crippen MR) is 110 cm³/mol. The van der Waals surface area contributed by atoms with E-state index in [1.807, 2.05) is 13.8 Å². The third kappa shape index (κ3) is 16.2. The van der Waals surface area contributed by atoms with Crippen LogP contribution in [0.15, 0.2) is 0 Å². The largest absolute Gasteiger partial charge is 0.356 e. The van der Waals surface area contributed by atoms with Crippen molar-refractivity contribution >= 4 is 29.4 Å². The number of nitrogens with one attached hydrogen (secondary N) is 4. The molecule has 0 spiro atoms. The lowest BCUT2D eigenvalue weighted by atomic mass is 10.0. The maximum atomic E-state index is 11.7. The minimum absolute atomic E-state index is 0.0346. The molecule has 0 unspecified atom stereocenters. The van der Waals surface area contributed by atoms with Gasteiger partial charge in [0.05, 0.1) is 0 Å². The van der Waals surface area contributed by atoms with Gasteiger partial charge in [-0.1, -0.05) is 27.7 Å². The van der Waals surface area contributed by atoms with E-state index < -0.39 is 0 Å². The van der Waals surface area contributed by atoms with Crippen molar-refractivity contribution in [2.75, 3.05) is 26.2 Å². The summed E-state index contributed by atoms with van der Waals surface area (Å²) < 4.78 is 0. The summed E-state index contributed by atoms with van der Waals surface area (Å²) in [6.07, 6.45) is 0.746. The molecule has 0 aromatic heterocycles. The van der Waals surface area contributed by atoms with Crippen molar-refractivity contribution in [1.29, 1.82) is 0 Å². The SMILES string of the molecule is CC(C)CNC(=O)CCNC(=O)CCNC(=O)CCNC(=O)CCC(=O)C(C)C. The monoisotopic (exact) mass is 412 g/mol. The molecular formula is C20H36N4O5. The summed E-state index contributed by atoms with van der Waals surface area (Å²) in [6.45, 7) is 8.79. The number of Topliss-reactive ketones (excluding diaryl/α,β-unsaturated/α-hetero) is 1. The van der Waals surface area contributed by atoms with Gasteiger partial charge in [-0.05, 0) is 5.92 Å². The Morgan fingerprint density at radius 3 is 1.31 bits per heavy atom. The van der Waals surface area contributed by atoms with Crippen LogP contribution in [0.5, 0.6) is 0 Å². The molecule has 9 heteroatoms. The fourth-order valence-electron chi connectivity index (χ4n) is 2.14. The van der Waals surface area contributed by atoms with Gasteiger partial charge in [0.2, 0.25) is 23.6 Å². The Hall–Kier alpha value is -2.45. The van der Waals surface area contributed by atoms with Gasteiger partial charge < -0.3 is 21.3 Å². The van der Waals surface area contributed by atoms with Gasteiger partial charge in [0.25, 0.3) is 0 Å². The number of hydrogen-bond acceptors (Lipinski definition) is 5. The second kappa shape index (κ2) is 15.5. The van der Waals surface area contributed by atoms with Crippen LogP contribution in [0.3, 0.4) is 0 Å². The van der Waals surface area contributed by atoms with E-state index in [9.17, 15) is 24.0 Å². The highest BCUT2D eigenvalue weighted by molar-refractivity contribution is 5.86. The summed E-state index contributed by atoms with van der Waals surface area (Å²) in [5.41, 5.74) is 0. The first-order chi connectivity index (χ1) is 13.6. The lowest BCUT2D eigenvalue weighted by Crippen LogP contribution is -2.35. The van der Waals surface area contributed by atoms with E-state index in [-0.39, 0.29) is 87.1 Å². The number of rotatable bonds is 15. The van der Waals surface area contributed by atoms with Crippen LogP contribution < -0.4 is 21.3 Å². The number of hydrogen-bond donors (Lipinski definition) is 4. The second-order valence-electron chi connectivity index (χ2n) is 7.62. The van der Waals surface area contributed by atoms with E-state index >= 15 is 0 Å². The van der Waals surface area contributed by atoms with Gasteiger partial charge in [0.15, 0.2) is 0 Å². The Morgan fingerprint density at radius 1 is 0.552 bits per heavy atom. The third-order valence-corrected chi connectivity index (χ3v) is 3.97.